The summed E-state index contributed by atoms with van der Waals surface area (Å²) in [6, 6.07) is 0. The van der Waals surface area contributed by atoms with Gasteiger partial charge >= 0.3 is 0 Å². The number of aliphatic hydroxyl groups is 1. The fourth-order valence-corrected chi connectivity index (χ4v) is 7.96. The molecule has 0 unspecified atom stereocenters. The summed E-state index contributed by atoms with van der Waals surface area (Å²) in [6.07, 6.45) is 26.8. The van der Waals surface area contributed by atoms with Crippen LogP contribution in [0.2, 0.25) is 0 Å². The summed E-state index contributed by atoms with van der Waals surface area (Å²) in [6.45, 7) is 25.2. The van der Waals surface area contributed by atoms with Crippen molar-refractivity contribution in [2.75, 3.05) is 5.75 Å². The molecule has 0 saturated carbocycles. The van der Waals surface area contributed by atoms with Crippen molar-refractivity contribution in [3.05, 3.63) is 92.0 Å². The lowest BCUT2D eigenvalue weighted by Gasteiger charge is -2.31. The van der Waals surface area contributed by atoms with Crippen molar-refractivity contribution in [3.63, 3.8) is 0 Å². The molecule has 0 bridgehead atoms. The Morgan fingerprint density at radius 3 is 1.21 bits per heavy atom. The SMILES string of the molecule is CCCCS(=O)(=O)/C(=C(/C)CCC=C(C)C)C(O)(CC=C(C)CCC=C(C)CCC=C(C)C)CC=C(C)CCC=C(C)CCC=C(C)C. The van der Waals surface area contributed by atoms with E-state index in [1.165, 1.54) is 39.0 Å². The number of sulfone groups is 1. The summed E-state index contributed by atoms with van der Waals surface area (Å²) in [7, 11) is -3.65. The van der Waals surface area contributed by atoms with Crippen LogP contribution in [0.3, 0.4) is 0 Å². The Bertz CT molecular complexity index is 1250. The van der Waals surface area contributed by atoms with Crippen molar-refractivity contribution in [1.29, 1.82) is 0 Å². The molecule has 0 aromatic heterocycles. The number of hydrogen-bond acceptors (Lipinski definition) is 3. The molecular formula is C44H74O3S. The van der Waals surface area contributed by atoms with E-state index in [2.05, 4.69) is 112 Å². The topological polar surface area (TPSA) is 54.4 Å². The second-order valence-electron chi connectivity index (χ2n) is 15.0. The van der Waals surface area contributed by atoms with Gasteiger partial charge in [-0.1, -0.05) is 100 Å². The molecule has 0 aromatic carbocycles. The van der Waals surface area contributed by atoms with Gasteiger partial charge in [0.2, 0.25) is 0 Å². The van der Waals surface area contributed by atoms with Crippen LogP contribution in [-0.2, 0) is 9.84 Å². The fourth-order valence-electron chi connectivity index (χ4n) is 5.71. The molecule has 0 aromatic rings. The van der Waals surface area contributed by atoms with Crippen molar-refractivity contribution in [1.82, 2.24) is 0 Å². The van der Waals surface area contributed by atoms with Crippen LogP contribution in [0.4, 0.5) is 0 Å². The Labute approximate surface area is 298 Å². The molecule has 3 nitrogen and oxygen atoms in total. The van der Waals surface area contributed by atoms with Gasteiger partial charge in [-0.25, -0.2) is 8.42 Å². The maximum Gasteiger partial charge on any atom is 0.177 e. The Kier molecular flexibility index (Phi) is 23.8. The molecule has 0 aliphatic rings. The Morgan fingerprint density at radius 2 is 0.854 bits per heavy atom. The minimum absolute atomic E-state index is 0.0696. The van der Waals surface area contributed by atoms with Crippen molar-refractivity contribution in [3.8, 4) is 0 Å². The van der Waals surface area contributed by atoms with E-state index in [-0.39, 0.29) is 23.5 Å². The summed E-state index contributed by atoms with van der Waals surface area (Å²) in [5, 5.41) is 12.5. The van der Waals surface area contributed by atoms with Gasteiger partial charge < -0.3 is 5.11 Å². The smallest absolute Gasteiger partial charge is 0.177 e. The molecule has 0 amide bonds. The summed E-state index contributed by atoms with van der Waals surface area (Å²) < 4.78 is 28.0. The summed E-state index contributed by atoms with van der Waals surface area (Å²) >= 11 is 0. The van der Waals surface area contributed by atoms with Gasteiger partial charge in [0.1, 0.15) is 5.60 Å². The second-order valence-corrected chi connectivity index (χ2v) is 17.0. The van der Waals surface area contributed by atoms with Gasteiger partial charge in [-0.05, 0) is 160 Å². The van der Waals surface area contributed by atoms with E-state index >= 15 is 0 Å². The predicted molar refractivity (Wildman–Crippen MR) is 215 cm³/mol. The Hall–Kier alpha value is -2.17. The summed E-state index contributed by atoms with van der Waals surface area (Å²) in [5.41, 5.74) is 8.39. The molecule has 1 N–H and O–H groups in total. The molecule has 4 heteroatoms. The third kappa shape index (κ3) is 21.7. The van der Waals surface area contributed by atoms with E-state index in [0.29, 0.717) is 12.8 Å². The molecule has 0 aliphatic carbocycles. The molecule has 0 spiro atoms. The van der Waals surface area contributed by atoms with E-state index in [1.807, 2.05) is 13.8 Å². The average Bonchev–Trinajstić information content (AvgIpc) is 2.97. The van der Waals surface area contributed by atoms with Crippen LogP contribution in [0.5, 0.6) is 0 Å². The molecule has 0 saturated heterocycles. The lowest BCUT2D eigenvalue weighted by atomic mass is 9.89. The minimum Gasteiger partial charge on any atom is -0.384 e. The lowest BCUT2D eigenvalue weighted by Crippen LogP contribution is -2.36. The first-order valence-electron chi connectivity index (χ1n) is 18.6. The molecular weight excluding hydrogens is 609 g/mol. The zero-order valence-corrected chi connectivity index (χ0v) is 34.1. The first kappa shape index (κ1) is 45.8. The zero-order valence-electron chi connectivity index (χ0n) is 33.3. The number of allylic oxidation sites excluding steroid dienone is 13. The van der Waals surface area contributed by atoms with Crippen LogP contribution in [0.15, 0.2) is 92.0 Å². The molecule has 48 heavy (non-hydrogen) atoms. The number of hydrogen-bond donors (Lipinski definition) is 1. The predicted octanol–water partition coefficient (Wildman–Crippen LogP) is 13.6. The fraction of sp³-hybridized carbons (Fsp3) is 0.636. The van der Waals surface area contributed by atoms with Crippen LogP contribution >= 0.6 is 0 Å². The lowest BCUT2D eigenvalue weighted by molar-refractivity contribution is 0.0905. The minimum atomic E-state index is -3.65. The Morgan fingerprint density at radius 1 is 0.521 bits per heavy atom. The standard InChI is InChI=1S/C44H74O3S/c1-13-14-34-48(46,47)43(42(12)29-17-22-37(6)7)44(45,32-30-40(10)27-18-25-38(8)23-15-20-35(2)3)33-31-41(11)28-19-26-39(9)24-16-21-36(4)5/h20-22,25-26,30-31,45H,13-19,23-24,27-29,32-34H2,1-12H3/b38-25?,39-26?,40-30?,41-31?,43-42-. The first-order valence-corrected chi connectivity index (χ1v) is 20.3. The summed E-state index contributed by atoms with van der Waals surface area (Å²) in [5.74, 6) is 0.0696. The number of rotatable bonds is 24. The quantitative estimate of drug-likeness (QED) is 0.103. The molecule has 0 atom stereocenters. The molecule has 274 valence electrons. The normalized spacial score (nSPS) is 15.1. The molecule has 0 aliphatic heterocycles. The van der Waals surface area contributed by atoms with Crippen molar-refractivity contribution in [2.45, 2.75) is 179 Å². The van der Waals surface area contributed by atoms with Crippen LogP contribution < -0.4 is 0 Å². The van der Waals surface area contributed by atoms with Gasteiger partial charge in [-0.2, -0.15) is 0 Å². The highest BCUT2D eigenvalue weighted by Crippen LogP contribution is 2.36. The largest absolute Gasteiger partial charge is 0.384 e. The average molecular weight is 683 g/mol. The van der Waals surface area contributed by atoms with Crippen LogP contribution in [0.25, 0.3) is 0 Å². The Balaban J connectivity index is 6.37. The van der Waals surface area contributed by atoms with Gasteiger partial charge in [0.05, 0.1) is 10.7 Å². The van der Waals surface area contributed by atoms with E-state index in [4.69, 9.17) is 0 Å². The maximum absolute atomic E-state index is 14.0. The van der Waals surface area contributed by atoms with E-state index in [0.717, 1.165) is 69.8 Å². The monoisotopic (exact) mass is 683 g/mol. The van der Waals surface area contributed by atoms with Crippen molar-refractivity contribution in [2.24, 2.45) is 0 Å². The molecule has 0 heterocycles. The van der Waals surface area contributed by atoms with Gasteiger partial charge in [0.25, 0.3) is 0 Å². The van der Waals surface area contributed by atoms with Gasteiger partial charge in [-0.3, -0.25) is 0 Å². The van der Waals surface area contributed by atoms with Crippen molar-refractivity contribution < 1.29 is 13.5 Å². The van der Waals surface area contributed by atoms with Crippen LogP contribution in [-0.4, -0.2) is 24.9 Å². The van der Waals surface area contributed by atoms with Gasteiger partial charge in [0, 0.05) is 0 Å². The van der Waals surface area contributed by atoms with E-state index in [9.17, 15) is 13.5 Å². The number of unbranched alkanes of at least 4 members (excludes halogenated alkanes) is 1. The zero-order chi connectivity index (χ0) is 36.8. The van der Waals surface area contributed by atoms with E-state index in [1.54, 1.807) is 0 Å². The highest BCUT2D eigenvalue weighted by atomic mass is 32.2. The van der Waals surface area contributed by atoms with Gasteiger partial charge in [-0.15, -0.1) is 0 Å². The summed E-state index contributed by atoms with van der Waals surface area (Å²) in [4.78, 5) is 0.253. The molecule has 0 radical (unpaired) electrons. The van der Waals surface area contributed by atoms with Crippen LogP contribution in [0, 0.1) is 0 Å². The first-order chi connectivity index (χ1) is 22.4. The third-order valence-corrected chi connectivity index (χ3v) is 11.0. The maximum atomic E-state index is 14.0. The third-order valence-electron chi connectivity index (χ3n) is 8.78. The highest BCUT2D eigenvalue weighted by Gasteiger charge is 2.39. The highest BCUT2D eigenvalue weighted by molar-refractivity contribution is 7.95. The van der Waals surface area contributed by atoms with E-state index < -0.39 is 15.4 Å². The van der Waals surface area contributed by atoms with Crippen LogP contribution in [0.1, 0.15) is 173 Å². The second kappa shape index (κ2) is 24.9. The molecule has 0 fully saturated rings. The molecule has 0 rings (SSSR count). The van der Waals surface area contributed by atoms with Crippen molar-refractivity contribution >= 4 is 9.84 Å². The van der Waals surface area contributed by atoms with Gasteiger partial charge in [0.15, 0.2) is 9.84 Å².